The van der Waals surface area contributed by atoms with Gasteiger partial charge in [-0.15, -0.1) is 10.2 Å². The van der Waals surface area contributed by atoms with Crippen molar-refractivity contribution in [3.05, 3.63) is 77.9 Å². The molecule has 0 N–H and O–H groups in total. The molecule has 0 amide bonds. The molecule has 4 atom stereocenters. The second-order valence-corrected chi connectivity index (χ2v) is 11.8. The maximum atomic E-state index is 14.9. The Balaban J connectivity index is 1.31. The Morgan fingerprint density at radius 2 is 1.77 bits per heavy atom. The summed E-state index contributed by atoms with van der Waals surface area (Å²) in [6.07, 6.45) is 4.26. The molecule has 2 aliphatic rings. The van der Waals surface area contributed by atoms with E-state index in [1.807, 2.05) is 56.3 Å². The van der Waals surface area contributed by atoms with E-state index >= 15 is 0 Å². The molecule has 0 saturated carbocycles. The van der Waals surface area contributed by atoms with Gasteiger partial charge in [0, 0.05) is 24.8 Å². The van der Waals surface area contributed by atoms with Gasteiger partial charge in [0.15, 0.2) is 0 Å². The highest BCUT2D eigenvalue weighted by Gasteiger charge is 2.40. The molecule has 5 rings (SSSR count). The number of halogens is 1. The van der Waals surface area contributed by atoms with Gasteiger partial charge in [0.05, 0.1) is 12.6 Å². The lowest BCUT2D eigenvalue weighted by atomic mass is 10.0. The van der Waals surface area contributed by atoms with Crippen LogP contribution in [-0.2, 0) is 16.6 Å². The molecule has 4 unspecified atom stereocenters. The lowest BCUT2D eigenvalue weighted by molar-refractivity contribution is 0.199. The summed E-state index contributed by atoms with van der Waals surface area (Å²) in [5.41, 5.74) is 3.82. The van der Waals surface area contributed by atoms with E-state index in [0.717, 1.165) is 35.3 Å². The van der Waals surface area contributed by atoms with Crippen molar-refractivity contribution >= 4 is 15.7 Å². The van der Waals surface area contributed by atoms with Gasteiger partial charge < -0.3 is 9.47 Å². The molecule has 186 valence electrons. The zero-order valence-electron chi connectivity index (χ0n) is 20.2. The standard InChI is InChI=1S/C26H32FN5O2S/c1-19-14-23(30-13-12-25(24(27)16-30)31-17-28-29-18-31)10-9-22(19)15-32-20(2)8-11-26(35(32,33)34)21-6-4-3-5-7-21/h3-7,9-10,14,17-18,20,24-26H,8,11-13,15-16H2,1-2H3. The Morgan fingerprint density at radius 3 is 2.46 bits per heavy atom. The number of anilines is 1. The summed E-state index contributed by atoms with van der Waals surface area (Å²) >= 11 is 0. The van der Waals surface area contributed by atoms with Crippen LogP contribution in [0.1, 0.15) is 54.2 Å². The lowest BCUT2D eigenvalue weighted by Crippen LogP contribution is -2.45. The molecule has 2 fully saturated rings. The topological polar surface area (TPSA) is 71.3 Å². The zero-order chi connectivity index (χ0) is 24.6. The van der Waals surface area contributed by atoms with Crippen LogP contribution in [0.4, 0.5) is 10.1 Å². The Labute approximate surface area is 206 Å². The molecule has 3 aromatic rings. The number of benzene rings is 2. The van der Waals surface area contributed by atoms with Gasteiger partial charge in [-0.3, -0.25) is 0 Å². The highest BCUT2D eigenvalue weighted by atomic mass is 32.2. The van der Waals surface area contributed by atoms with Gasteiger partial charge in [0.1, 0.15) is 24.1 Å². The summed E-state index contributed by atoms with van der Waals surface area (Å²) in [5, 5.41) is 7.10. The van der Waals surface area contributed by atoms with E-state index < -0.39 is 21.4 Å². The Bertz CT molecular complexity index is 1250. The number of alkyl halides is 1. The lowest BCUT2D eigenvalue weighted by Gasteiger charge is -2.38. The van der Waals surface area contributed by atoms with E-state index in [-0.39, 0.29) is 12.1 Å². The van der Waals surface area contributed by atoms with Crippen LogP contribution in [0.3, 0.4) is 0 Å². The fourth-order valence-electron chi connectivity index (χ4n) is 5.42. The number of hydrogen-bond acceptors (Lipinski definition) is 5. The zero-order valence-corrected chi connectivity index (χ0v) is 21.0. The largest absolute Gasteiger partial charge is 0.368 e. The predicted molar refractivity (Wildman–Crippen MR) is 134 cm³/mol. The van der Waals surface area contributed by atoms with Gasteiger partial charge >= 0.3 is 0 Å². The fourth-order valence-corrected chi connectivity index (χ4v) is 7.60. The van der Waals surface area contributed by atoms with Crippen molar-refractivity contribution in [2.24, 2.45) is 0 Å². The van der Waals surface area contributed by atoms with Crippen molar-refractivity contribution in [3.8, 4) is 0 Å². The van der Waals surface area contributed by atoms with Crippen molar-refractivity contribution in [3.63, 3.8) is 0 Å². The van der Waals surface area contributed by atoms with Crippen LogP contribution in [-0.4, -0.2) is 52.8 Å². The normalized spacial score (nSPS) is 27.1. The molecule has 0 aliphatic carbocycles. The van der Waals surface area contributed by atoms with Crippen molar-refractivity contribution in [1.29, 1.82) is 0 Å². The molecular weight excluding hydrogens is 465 g/mol. The first-order chi connectivity index (χ1) is 16.8. The first kappa shape index (κ1) is 23.9. The monoisotopic (exact) mass is 497 g/mol. The molecule has 0 bridgehead atoms. The van der Waals surface area contributed by atoms with Gasteiger partial charge in [0.25, 0.3) is 0 Å². The van der Waals surface area contributed by atoms with Crippen LogP contribution < -0.4 is 4.90 Å². The minimum absolute atomic E-state index is 0.0528. The SMILES string of the molecule is Cc1cc(N2CCC(n3cnnc3)C(F)C2)ccc1CN1C(C)CCC(c2ccccc2)S1(=O)=O. The quantitative estimate of drug-likeness (QED) is 0.522. The van der Waals surface area contributed by atoms with Crippen molar-refractivity contribution in [1.82, 2.24) is 19.1 Å². The maximum absolute atomic E-state index is 14.9. The van der Waals surface area contributed by atoms with Crippen LogP contribution in [0.15, 0.2) is 61.2 Å². The van der Waals surface area contributed by atoms with Gasteiger partial charge in [0.2, 0.25) is 10.0 Å². The third kappa shape index (κ3) is 4.71. The molecule has 2 aliphatic heterocycles. The van der Waals surface area contributed by atoms with Gasteiger partial charge in [-0.2, -0.15) is 4.31 Å². The summed E-state index contributed by atoms with van der Waals surface area (Å²) in [6.45, 7) is 5.38. The number of hydrogen-bond donors (Lipinski definition) is 0. The number of piperidine rings is 1. The summed E-state index contributed by atoms with van der Waals surface area (Å²) in [5.74, 6) is 0. The van der Waals surface area contributed by atoms with Crippen molar-refractivity contribution < 1.29 is 12.8 Å². The Morgan fingerprint density at radius 1 is 1.03 bits per heavy atom. The Hall–Kier alpha value is -2.78. The summed E-state index contributed by atoms with van der Waals surface area (Å²) in [6, 6.07) is 15.3. The first-order valence-electron chi connectivity index (χ1n) is 12.2. The molecule has 1 aromatic heterocycles. The number of nitrogens with zero attached hydrogens (tertiary/aromatic N) is 5. The van der Waals surface area contributed by atoms with Crippen LogP contribution in [0, 0.1) is 6.92 Å². The van der Waals surface area contributed by atoms with E-state index in [4.69, 9.17) is 0 Å². The molecular formula is C26H32FN5O2S. The van der Waals surface area contributed by atoms with Gasteiger partial charge in [-0.05, 0) is 61.9 Å². The number of aromatic nitrogens is 3. The van der Waals surface area contributed by atoms with E-state index in [0.29, 0.717) is 25.9 Å². The van der Waals surface area contributed by atoms with Crippen LogP contribution in [0.25, 0.3) is 0 Å². The second kappa shape index (κ2) is 9.70. The number of aryl methyl sites for hydroxylation is 1. The van der Waals surface area contributed by atoms with Crippen molar-refractivity contribution in [2.45, 2.75) is 63.2 Å². The molecule has 0 radical (unpaired) electrons. The van der Waals surface area contributed by atoms with Crippen LogP contribution in [0.2, 0.25) is 0 Å². The fraction of sp³-hybridized carbons (Fsp3) is 0.462. The average molecular weight is 498 g/mol. The number of sulfonamides is 1. The van der Waals surface area contributed by atoms with Crippen LogP contribution >= 0.6 is 0 Å². The number of rotatable bonds is 5. The maximum Gasteiger partial charge on any atom is 0.221 e. The molecule has 3 heterocycles. The smallest absolute Gasteiger partial charge is 0.221 e. The van der Waals surface area contributed by atoms with E-state index in [1.54, 1.807) is 21.5 Å². The minimum atomic E-state index is -3.49. The van der Waals surface area contributed by atoms with E-state index in [9.17, 15) is 12.8 Å². The van der Waals surface area contributed by atoms with Crippen LogP contribution in [0.5, 0.6) is 0 Å². The predicted octanol–water partition coefficient (Wildman–Crippen LogP) is 4.43. The summed E-state index contributed by atoms with van der Waals surface area (Å²) in [4.78, 5) is 2.06. The summed E-state index contributed by atoms with van der Waals surface area (Å²) in [7, 11) is -3.49. The van der Waals surface area contributed by atoms with E-state index in [2.05, 4.69) is 21.2 Å². The van der Waals surface area contributed by atoms with E-state index in [1.165, 1.54) is 0 Å². The Kier molecular flexibility index (Phi) is 6.63. The molecule has 0 spiro atoms. The second-order valence-electron chi connectivity index (χ2n) is 9.75. The third-order valence-electron chi connectivity index (χ3n) is 7.54. The highest BCUT2D eigenvalue weighted by Crippen LogP contribution is 2.38. The first-order valence-corrected chi connectivity index (χ1v) is 13.7. The third-order valence-corrected chi connectivity index (χ3v) is 9.91. The highest BCUT2D eigenvalue weighted by molar-refractivity contribution is 7.89. The minimum Gasteiger partial charge on any atom is -0.368 e. The molecule has 35 heavy (non-hydrogen) atoms. The van der Waals surface area contributed by atoms with Crippen molar-refractivity contribution in [2.75, 3.05) is 18.0 Å². The molecule has 9 heteroatoms. The average Bonchev–Trinajstić information content (AvgIpc) is 3.37. The molecule has 2 aromatic carbocycles. The van der Waals surface area contributed by atoms with Gasteiger partial charge in [-0.25, -0.2) is 12.8 Å². The summed E-state index contributed by atoms with van der Waals surface area (Å²) < 4.78 is 45.5. The molecule has 7 nitrogen and oxygen atoms in total. The van der Waals surface area contributed by atoms with Gasteiger partial charge in [-0.1, -0.05) is 36.4 Å². The molecule has 2 saturated heterocycles.